The summed E-state index contributed by atoms with van der Waals surface area (Å²) in [6.07, 6.45) is 9.16. The summed E-state index contributed by atoms with van der Waals surface area (Å²) in [6, 6.07) is 0. The largest absolute Gasteiger partial charge is 0.381 e. The molecule has 10 heteroatoms. The Morgan fingerprint density at radius 2 is 1.14 bits per heavy atom. The highest BCUT2D eigenvalue weighted by Crippen LogP contribution is 2.44. The van der Waals surface area contributed by atoms with Crippen molar-refractivity contribution in [3.63, 3.8) is 0 Å². The van der Waals surface area contributed by atoms with Crippen molar-refractivity contribution in [1.82, 2.24) is 9.80 Å². The van der Waals surface area contributed by atoms with E-state index in [1.165, 1.54) is 9.81 Å². The van der Waals surface area contributed by atoms with Gasteiger partial charge in [-0.05, 0) is 93.3 Å². The zero-order chi connectivity index (χ0) is 26.8. The molecule has 4 aliphatic heterocycles. The van der Waals surface area contributed by atoms with E-state index in [0.717, 1.165) is 63.6 Å². The van der Waals surface area contributed by atoms with E-state index in [-0.39, 0.29) is 11.1 Å². The lowest BCUT2D eigenvalue weighted by atomic mass is 9.93. The highest BCUT2D eigenvalue weighted by atomic mass is 32.2. The zero-order valence-electron chi connectivity index (χ0n) is 22.2. The van der Waals surface area contributed by atoms with Gasteiger partial charge in [-0.1, -0.05) is 48.9 Å². The third kappa shape index (κ3) is 6.87. The smallest absolute Gasteiger partial charge is 0.108 e. The van der Waals surface area contributed by atoms with Gasteiger partial charge >= 0.3 is 0 Å². The second kappa shape index (κ2) is 12.7. The molecule has 4 heterocycles. The first-order valence-corrected chi connectivity index (χ1v) is 16.7. The van der Waals surface area contributed by atoms with Crippen molar-refractivity contribution in [3.05, 3.63) is 22.0 Å². The quantitative estimate of drug-likeness (QED) is 0.169. The molecule has 4 rings (SSSR count). The predicted octanol–water partition coefficient (Wildman–Crippen LogP) is 6.96. The van der Waals surface area contributed by atoms with Crippen molar-refractivity contribution in [2.24, 2.45) is 11.8 Å². The molecule has 0 aromatic rings. The van der Waals surface area contributed by atoms with Gasteiger partial charge in [0.15, 0.2) is 0 Å². The molecule has 4 nitrogen and oxygen atoms in total. The molecule has 2 unspecified atom stereocenters. The maximum absolute atomic E-state index is 5.96. The Kier molecular flexibility index (Phi) is 10.3. The van der Waals surface area contributed by atoms with E-state index in [0.29, 0.717) is 38.3 Å². The minimum Gasteiger partial charge on any atom is -0.381 e. The van der Waals surface area contributed by atoms with Crippen molar-refractivity contribution in [1.29, 1.82) is 0 Å². The molecule has 2 atom stereocenters. The van der Waals surface area contributed by atoms with Crippen LogP contribution in [-0.4, -0.2) is 78.8 Å². The molecule has 0 N–H and O–H groups in total. The van der Waals surface area contributed by atoms with Crippen molar-refractivity contribution < 1.29 is 9.47 Å². The Bertz CT molecular complexity index is 927. The van der Waals surface area contributed by atoms with E-state index < -0.39 is 0 Å². The third-order valence-electron chi connectivity index (χ3n) is 7.55. The van der Waals surface area contributed by atoms with Crippen LogP contribution >= 0.6 is 72.4 Å². The van der Waals surface area contributed by atoms with Gasteiger partial charge in [0.05, 0.1) is 9.98 Å². The molecule has 0 spiro atoms. The van der Waals surface area contributed by atoms with Crippen molar-refractivity contribution in [2.45, 2.75) is 70.9 Å². The van der Waals surface area contributed by atoms with Crippen molar-refractivity contribution in [2.75, 3.05) is 37.9 Å². The van der Waals surface area contributed by atoms with E-state index in [9.17, 15) is 0 Å². The third-order valence-corrected chi connectivity index (χ3v) is 11.4. The van der Waals surface area contributed by atoms with E-state index in [4.69, 9.17) is 58.3 Å². The summed E-state index contributed by atoms with van der Waals surface area (Å²) >= 11 is 26.9. The summed E-state index contributed by atoms with van der Waals surface area (Å²) in [5.41, 5.74) is -0.317. The lowest BCUT2D eigenvalue weighted by Crippen LogP contribution is -2.53. The van der Waals surface area contributed by atoms with Crippen LogP contribution in [0.2, 0.25) is 0 Å². The van der Waals surface area contributed by atoms with Crippen LogP contribution in [0.25, 0.3) is 0 Å². The minimum absolute atomic E-state index is 0.158. The molecular weight excluding hydrogens is 577 g/mol. The minimum atomic E-state index is -0.158. The average molecular weight is 615 g/mol. The van der Waals surface area contributed by atoms with Gasteiger partial charge in [-0.2, -0.15) is 0 Å². The SMILES string of the molecule is CC(C)(CCOCCCOCCC(C)(C)N1C(=S)C=C2SCCC2C1=S)N1C(=S)C=C2SCCC2C1=S. The zero-order valence-corrected chi connectivity index (χ0v) is 27.1. The summed E-state index contributed by atoms with van der Waals surface area (Å²) < 4.78 is 11.9. The summed E-state index contributed by atoms with van der Waals surface area (Å²) in [7, 11) is 0. The van der Waals surface area contributed by atoms with Crippen LogP contribution < -0.4 is 0 Å². The highest BCUT2D eigenvalue weighted by Gasteiger charge is 2.41. The van der Waals surface area contributed by atoms with Gasteiger partial charge in [0.25, 0.3) is 0 Å². The number of rotatable bonds is 12. The molecule has 2 saturated heterocycles. The molecule has 0 saturated carbocycles. The van der Waals surface area contributed by atoms with Crippen molar-refractivity contribution >= 4 is 92.3 Å². The monoisotopic (exact) mass is 614 g/mol. The average Bonchev–Trinajstić information content (AvgIpc) is 3.47. The molecule has 2 fully saturated rings. The van der Waals surface area contributed by atoms with Crippen LogP contribution in [0.4, 0.5) is 0 Å². The van der Waals surface area contributed by atoms with Crippen molar-refractivity contribution in [3.8, 4) is 0 Å². The molecule has 0 bridgehead atoms. The summed E-state index contributed by atoms with van der Waals surface area (Å²) in [6.45, 7) is 11.6. The Morgan fingerprint density at radius 3 is 1.54 bits per heavy atom. The topological polar surface area (TPSA) is 24.9 Å². The number of hydrogen-bond donors (Lipinski definition) is 0. The number of fused-ring (bicyclic) bond motifs is 2. The first-order chi connectivity index (χ1) is 17.5. The number of thiocarbonyl (C=S) groups is 4. The van der Waals surface area contributed by atoms with Gasteiger partial charge in [0, 0.05) is 49.3 Å². The lowest BCUT2D eigenvalue weighted by molar-refractivity contribution is 0.0618. The molecule has 0 radical (unpaired) electrons. The molecule has 4 aliphatic rings. The van der Waals surface area contributed by atoms with Crippen LogP contribution in [0.1, 0.15) is 59.8 Å². The first kappa shape index (κ1) is 30.0. The summed E-state index contributed by atoms with van der Waals surface area (Å²) in [5.74, 6) is 3.00. The van der Waals surface area contributed by atoms with E-state index in [1.807, 2.05) is 23.5 Å². The van der Waals surface area contributed by atoms with E-state index in [1.54, 1.807) is 0 Å². The van der Waals surface area contributed by atoms with Crippen LogP contribution in [-0.2, 0) is 9.47 Å². The van der Waals surface area contributed by atoms with Crippen LogP contribution in [0.3, 0.4) is 0 Å². The molecule has 0 amide bonds. The maximum atomic E-state index is 5.96. The molecule has 0 aromatic heterocycles. The fourth-order valence-electron chi connectivity index (χ4n) is 5.28. The second-order valence-corrected chi connectivity index (χ2v) is 15.2. The van der Waals surface area contributed by atoms with Gasteiger partial charge in [0.2, 0.25) is 0 Å². The van der Waals surface area contributed by atoms with E-state index in [2.05, 4.69) is 49.6 Å². The standard InChI is InChI=1S/C27H38N2O2S6/c1-26(2,28-22(32)16-20-18(24(28)34)6-14-36-20)8-12-30-10-5-11-31-13-9-27(3,4)29-23(33)17-21-19(25(29)35)7-15-37-21/h16-19H,5-15H2,1-4H3. The maximum Gasteiger partial charge on any atom is 0.108 e. The van der Waals surface area contributed by atoms with Gasteiger partial charge in [-0.25, -0.2) is 0 Å². The number of nitrogens with zero attached hydrogens (tertiary/aromatic N) is 2. The number of hydrogen-bond acceptors (Lipinski definition) is 8. The Labute approximate surface area is 252 Å². The highest BCUT2D eigenvalue weighted by molar-refractivity contribution is 8.03. The molecular formula is C27H38N2O2S6. The molecule has 37 heavy (non-hydrogen) atoms. The van der Waals surface area contributed by atoms with E-state index >= 15 is 0 Å². The van der Waals surface area contributed by atoms with Gasteiger partial charge in [0.1, 0.15) is 9.98 Å². The number of ether oxygens (including phenoxy) is 2. The van der Waals surface area contributed by atoms with Crippen LogP contribution in [0.5, 0.6) is 0 Å². The molecule has 204 valence electrons. The normalized spacial score (nSPS) is 24.4. The fraction of sp³-hybridized carbons (Fsp3) is 0.704. The summed E-state index contributed by atoms with van der Waals surface area (Å²) in [4.78, 5) is 10.7. The summed E-state index contributed by atoms with van der Waals surface area (Å²) in [5, 5.41) is 0. The Hall–Kier alpha value is 0.0600. The fourth-order valence-corrected chi connectivity index (χ4v) is 10.2. The Balaban J connectivity index is 1.12. The molecule has 0 aliphatic carbocycles. The predicted molar refractivity (Wildman–Crippen MR) is 175 cm³/mol. The number of thioether (sulfide) groups is 2. The van der Waals surface area contributed by atoms with Gasteiger partial charge in [-0.3, -0.25) is 0 Å². The van der Waals surface area contributed by atoms with Crippen LogP contribution in [0, 0.1) is 11.8 Å². The second-order valence-electron chi connectivity index (χ2n) is 11.2. The Morgan fingerprint density at radius 1 is 0.730 bits per heavy atom. The van der Waals surface area contributed by atoms with Gasteiger partial charge < -0.3 is 19.3 Å². The van der Waals surface area contributed by atoms with Crippen LogP contribution in [0.15, 0.2) is 22.0 Å². The molecule has 0 aromatic carbocycles. The lowest BCUT2D eigenvalue weighted by Gasteiger charge is -2.44. The first-order valence-electron chi connectivity index (χ1n) is 13.1. The van der Waals surface area contributed by atoms with Gasteiger partial charge in [-0.15, -0.1) is 23.5 Å².